The van der Waals surface area contributed by atoms with Gasteiger partial charge in [0.2, 0.25) is 5.88 Å². The second kappa shape index (κ2) is 6.30. The summed E-state index contributed by atoms with van der Waals surface area (Å²) in [7, 11) is 0. The zero-order valence-corrected chi connectivity index (χ0v) is 12.3. The molecule has 22 heavy (non-hydrogen) atoms. The fourth-order valence-electron chi connectivity index (χ4n) is 2.06. The van der Waals surface area contributed by atoms with Crippen LogP contribution in [0.25, 0.3) is 11.1 Å². The Morgan fingerprint density at radius 1 is 0.955 bits per heavy atom. The maximum atomic E-state index is 9.06. The molecule has 0 amide bonds. The van der Waals surface area contributed by atoms with Crippen LogP contribution >= 0.6 is 11.6 Å². The SMILES string of the molecule is N#Cc1cccnc1Oc1ccc(-c2ccccc2)cc1Cl. The van der Waals surface area contributed by atoms with Crippen LogP contribution in [-0.2, 0) is 0 Å². The summed E-state index contributed by atoms with van der Waals surface area (Å²) in [6, 6.07) is 20.8. The third kappa shape index (κ3) is 2.93. The van der Waals surface area contributed by atoms with E-state index in [1.807, 2.05) is 48.5 Å². The van der Waals surface area contributed by atoms with Crippen molar-refractivity contribution in [2.45, 2.75) is 0 Å². The number of nitrogens with zero attached hydrogens (tertiary/aromatic N) is 2. The summed E-state index contributed by atoms with van der Waals surface area (Å²) >= 11 is 6.29. The number of ether oxygens (including phenoxy) is 1. The van der Waals surface area contributed by atoms with Crippen LogP contribution < -0.4 is 4.74 Å². The van der Waals surface area contributed by atoms with Gasteiger partial charge in [-0.05, 0) is 35.4 Å². The molecule has 0 radical (unpaired) electrons. The number of rotatable bonds is 3. The molecule has 0 saturated carbocycles. The van der Waals surface area contributed by atoms with Crippen molar-refractivity contribution in [2.24, 2.45) is 0 Å². The molecule has 0 aliphatic carbocycles. The molecule has 0 saturated heterocycles. The quantitative estimate of drug-likeness (QED) is 0.679. The van der Waals surface area contributed by atoms with Gasteiger partial charge in [-0.15, -0.1) is 0 Å². The Kier molecular flexibility index (Phi) is 4.04. The molecule has 3 rings (SSSR count). The normalized spacial score (nSPS) is 10.0. The van der Waals surface area contributed by atoms with Crippen molar-refractivity contribution >= 4 is 11.6 Å². The Balaban J connectivity index is 1.92. The molecule has 0 bridgehead atoms. The van der Waals surface area contributed by atoms with Crippen molar-refractivity contribution in [3.63, 3.8) is 0 Å². The van der Waals surface area contributed by atoms with Gasteiger partial charge in [-0.25, -0.2) is 4.98 Å². The van der Waals surface area contributed by atoms with Crippen LogP contribution in [0.1, 0.15) is 5.56 Å². The van der Waals surface area contributed by atoms with E-state index in [4.69, 9.17) is 21.6 Å². The minimum atomic E-state index is 0.249. The van der Waals surface area contributed by atoms with E-state index < -0.39 is 0 Å². The molecule has 1 heterocycles. The van der Waals surface area contributed by atoms with Gasteiger partial charge in [-0.3, -0.25) is 0 Å². The molecule has 3 aromatic rings. The zero-order valence-electron chi connectivity index (χ0n) is 11.5. The van der Waals surface area contributed by atoms with Gasteiger partial charge < -0.3 is 4.74 Å². The highest BCUT2D eigenvalue weighted by Gasteiger charge is 2.09. The van der Waals surface area contributed by atoms with Crippen molar-refractivity contribution in [3.8, 4) is 28.8 Å². The summed E-state index contributed by atoms with van der Waals surface area (Å²) in [6.07, 6.45) is 1.57. The average molecular weight is 307 g/mol. The third-order valence-electron chi connectivity index (χ3n) is 3.14. The molecule has 0 spiro atoms. The van der Waals surface area contributed by atoms with E-state index in [2.05, 4.69) is 4.98 Å². The zero-order chi connectivity index (χ0) is 15.4. The maximum absolute atomic E-state index is 9.06. The first kappa shape index (κ1) is 14.1. The van der Waals surface area contributed by atoms with E-state index >= 15 is 0 Å². The summed E-state index contributed by atoms with van der Waals surface area (Å²) in [5.74, 6) is 0.718. The van der Waals surface area contributed by atoms with Crippen LogP contribution in [0.15, 0.2) is 66.9 Å². The van der Waals surface area contributed by atoms with Gasteiger partial charge in [0.15, 0.2) is 0 Å². The van der Waals surface area contributed by atoms with Crippen LogP contribution in [-0.4, -0.2) is 4.98 Å². The summed E-state index contributed by atoms with van der Waals surface area (Å²) in [4.78, 5) is 4.06. The number of halogens is 1. The maximum Gasteiger partial charge on any atom is 0.237 e. The highest BCUT2D eigenvalue weighted by atomic mass is 35.5. The summed E-state index contributed by atoms with van der Waals surface area (Å²) in [5.41, 5.74) is 2.44. The second-order valence-corrected chi connectivity index (χ2v) is 4.99. The van der Waals surface area contributed by atoms with Gasteiger partial charge in [0.1, 0.15) is 17.4 Å². The average Bonchev–Trinajstić information content (AvgIpc) is 2.58. The number of pyridine rings is 1. The largest absolute Gasteiger partial charge is 0.436 e. The van der Waals surface area contributed by atoms with E-state index in [9.17, 15) is 0 Å². The minimum absolute atomic E-state index is 0.249. The lowest BCUT2D eigenvalue weighted by molar-refractivity contribution is 0.461. The highest BCUT2D eigenvalue weighted by Crippen LogP contribution is 2.33. The molecule has 4 heteroatoms. The van der Waals surface area contributed by atoms with Gasteiger partial charge in [-0.1, -0.05) is 48.0 Å². The van der Waals surface area contributed by atoms with E-state index in [0.29, 0.717) is 16.3 Å². The lowest BCUT2D eigenvalue weighted by Gasteiger charge is -2.09. The number of hydrogen-bond acceptors (Lipinski definition) is 3. The lowest BCUT2D eigenvalue weighted by Crippen LogP contribution is -1.92. The highest BCUT2D eigenvalue weighted by molar-refractivity contribution is 6.32. The number of nitriles is 1. The standard InChI is InChI=1S/C18H11ClN2O/c19-16-11-14(13-5-2-1-3-6-13)8-9-17(16)22-18-15(12-20)7-4-10-21-18/h1-11H. The molecule has 0 atom stereocenters. The Hall–Kier alpha value is -2.83. The predicted octanol–water partition coefficient (Wildman–Crippen LogP) is 5.07. The Morgan fingerprint density at radius 2 is 1.77 bits per heavy atom. The van der Waals surface area contributed by atoms with Crippen LogP contribution in [0.4, 0.5) is 0 Å². The van der Waals surface area contributed by atoms with Crippen molar-refractivity contribution < 1.29 is 4.74 Å². The Bertz CT molecular complexity index is 841. The van der Waals surface area contributed by atoms with Crippen LogP contribution in [0.3, 0.4) is 0 Å². The minimum Gasteiger partial charge on any atom is -0.436 e. The fourth-order valence-corrected chi connectivity index (χ4v) is 2.27. The van der Waals surface area contributed by atoms with E-state index in [0.717, 1.165) is 11.1 Å². The second-order valence-electron chi connectivity index (χ2n) is 4.58. The Labute approximate surface area is 133 Å². The molecule has 1 aromatic heterocycles. The predicted molar refractivity (Wildman–Crippen MR) is 85.9 cm³/mol. The van der Waals surface area contributed by atoms with E-state index in [-0.39, 0.29) is 5.88 Å². The summed E-state index contributed by atoms with van der Waals surface area (Å²) < 4.78 is 5.66. The van der Waals surface area contributed by atoms with E-state index in [1.54, 1.807) is 24.4 Å². The van der Waals surface area contributed by atoms with Crippen molar-refractivity contribution in [1.82, 2.24) is 4.98 Å². The van der Waals surface area contributed by atoms with Crippen molar-refractivity contribution in [3.05, 3.63) is 77.4 Å². The molecular weight excluding hydrogens is 296 g/mol. The first-order valence-corrected chi connectivity index (χ1v) is 7.03. The number of aromatic nitrogens is 1. The van der Waals surface area contributed by atoms with Crippen LogP contribution in [0.5, 0.6) is 11.6 Å². The van der Waals surface area contributed by atoms with Crippen LogP contribution in [0, 0.1) is 11.3 Å². The molecule has 0 fully saturated rings. The summed E-state index contributed by atoms with van der Waals surface area (Å²) in [6.45, 7) is 0. The van der Waals surface area contributed by atoms with Gasteiger partial charge in [0, 0.05) is 6.20 Å². The number of benzene rings is 2. The lowest BCUT2D eigenvalue weighted by atomic mass is 10.1. The molecule has 0 unspecified atom stereocenters. The third-order valence-corrected chi connectivity index (χ3v) is 3.43. The smallest absolute Gasteiger partial charge is 0.237 e. The van der Waals surface area contributed by atoms with Gasteiger partial charge in [0.25, 0.3) is 0 Å². The fraction of sp³-hybridized carbons (Fsp3) is 0. The topological polar surface area (TPSA) is 45.9 Å². The molecule has 2 aromatic carbocycles. The molecule has 0 aliphatic rings. The first-order valence-electron chi connectivity index (χ1n) is 6.66. The number of hydrogen-bond donors (Lipinski definition) is 0. The Morgan fingerprint density at radius 3 is 2.50 bits per heavy atom. The molecule has 0 aliphatic heterocycles. The first-order chi connectivity index (χ1) is 10.8. The molecule has 106 valence electrons. The molecule has 0 N–H and O–H groups in total. The van der Waals surface area contributed by atoms with Crippen molar-refractivity contribution in [1.29, 1.82) is 5.26 Å². The van der Waals surface area contributed by atoms with Gasteiger partial charge >= 0.3 is 0 Å². The van der Waals surface area contributed by atoms with Crippen molar-refractivity contribution in [2.75, 3.05) is 0 Å². The molecule has 3 nitrogen and oxygen atoms in total. The van der Waals surface area contributed by atoms with Gasteiger partial charge in [-0.2, -0.15) is 5.26 Å². The monoisotopic (exact) mass is 306 g/mol. The van der Waals surface area contributed by atoms with E-state index in [1.165, 1.54) is 0 Å². The molecular formula is C18H11ClN2O. The summed E-state index contributed by atoms with van der Waals surface area (Å²) in [5, 5.41) is 9.52. The van der Waals surface area contributed by atoms with Gasteiger partial charge in [0.05, 0.1) is 5.02 Å². The van der Waals surface area contributed by atoms with Crippen LogP contribution in [0.2, 0.25) is 5.02 Å².